The monoisotopic (exact) mass is 261 g/mol. The molecule has 1 aromatic carbocycles. The zero-order valence-electron chi connectivity index (χ0n) is 11.4. The van der Waals surface area contributed by atoms with Crippen LogP contribution in [0.5, 0.6) is 5.75 Å². The molecule has 1 saturated heterocycles. The number of fused-ring (bicyclic) bond motifs is 1. The average molecular weight is 261 g/mol. The molecule has 0 bridgehead atoms. The quantitative estimate of drug-likeness (QED) is 0.793. The summed E-state index contributed by atoms with van der Waals surface area (Å²) >= 11 is 0. The van der Waals surface area contributed by atoms with Gasteiger partial charge in [0.2, 0.25) is 0 Å². The van der Waals surface area contributed by atoms with Crippen LogP contribution in [0.2, 0.25) is 0 Å². The Hall–Kier alpha value is -1.75. The van der Waals surface area contributed by atoms with E-state index in [9.17, 15) is 4.79 Å². The largest absolute Gasteiger partial charge is 0.481 e. The van der Waals surface area contributed by atoms with Crippen LogP contribution in [0.3, 0.4) is 0 Å². The lowest BCUT2D eigenvalue weighted by molar-refractivity contribution is -0.118. The molecule has 19 heavy (non-hydrogen) atoms. The van der Waals surface area contributed by atoms with Crippen molar-refractivity contribution >= 4 is 17.3 Å². The van der Waals surface area contributed by atoms with Crippen LogP contribution < -0.4 is 20.3 Å². The van der Waals surface area contributed by atoms with Crippen LogP contribution >= 0.6 is 0 Å². The number of nitrogens with one attached hydrogen (secondary N) is 2. The summed E-state index contributed by atoms with van der Waals surface area (Å²) in [6, 6.07) is 2.16. The van der Waals surface area contributed by atoms with Crippen LogP contribution in [-0.4, -0.2) is 38.7 Å². The van der Waals surface area contributed by atoms with Gasteiger partial charge in [-0.2, -0.15) is 0 Å². The fraction of sp³-hybridized carbons (Fsp3) is 0.500. The lowest BCUT2D eigenvalue weighted by Gasteiger charge is -2.33. The Kier molecular flexibility index (Phi) is 3.06. The van der Waals surface area contributed by atoms with Gasteiger partial charge in [-0.3, -0.25) is 4.79 Å². The Bertz CT molecular complexity index is 522. The van der Waals surface area contributed by atoms with Crippen molar-refractivity contribution in [3.63, 3.8) is 0 Å². The molecule has 5 heteroatoms. The predicted molar refractivity (Wildman–Crippen MR) is 75.1 cm³/mol. The van der Waals surface area contributed by atoms with E-state index in [1.165, 1.54) is 5.69 Å². The van der Waals surface area contributed by atoms with Gasteiger partial charge in [-0.1, -0.05) is 0 Å². The number of aryl methyl sites for hydroxylation is 1. The molecular formula is C14H19N3O2. The van der Waals surface area contributed by atoms with Crippen LogP contribution in [0.4, 0.5) is 11.4 Å². The second kappa shape index (κ2) is 4.74. The van der Waals surface area contributed by atoms with E-state index in [1.807, 2.05) is 13.8 Å². The number of nitrogens with zero attached hydrogens (tertiary/aromatic N) is 1. The molecule has 2 aliphatic rings. The van der Waals surface area contributed by atoms with Crippen LogP contribution in [-0.2, 0) is 4.79 Å². The third-order valence-corrected chi connectivity index (χ3v) is 3.77. The van der Waals surface area contributed by atoms with E-state index >= 15 is 0 Å². The number of ether oxygens (including phenoxy) is 1. The first-order chi connectivity index (χ1) is 9.16. The standard InChI is InChI=1S/C14H19N3O2/c1-9-7-11(17-5-3-15-4-6-17)10(2)13-14(9)19-8-12(18)16-13/h7,15H,3-6,8H2,1-2H3,(H,16,18). The third kappa shape index (κ3) is 2.14. The molecular weight excluding hydrogens is 242 g/mol. The van der Waals surface area contributed by atoms with Crippen molar-refractivity contribution < 1.29 is 9.53 Å². The average Bonchev–Trinajstić information content (AvgIpc) is 2.43. The van der Waals surface area contributed by atoms with Crippen molar-refractivity contribution in [2.75, 3.05) is 43.0 Å². The second-order valence-corrected chi connectivity index (χ2v) is 5.12. The Morgan fingerprint density at radius 3 is 2.74 bits per heavy atom. The molecule has 1 aromatic rings. The number of hydrogen-bond acceptors (Lipinski definition) is 4. The Labute approximate surface area is 112 Å². The van der Waals surface area contributed by atoms with Gasteiger partial charge in [0.15, 0.2) is 6.61 Å². The van der Waals surface area contributed by atoms with E-state index < -0.39 is 0 Å². The Balaban J connectivity index is 2.04. The van der Waals surface area contributed by atoms with E-state index in [1.54, 1.807) is 0 Å². The molecule has 102 valence electrons. The fourth-order valence-corrected chi connectivity index (χ4v) is 2.76. The first kappa shape index (κ1) is 12.3. The smallest absolute Gasteiger partial charge is 0.262 e. The topological polar surface area (TPSA) is 53.6 Å². The molecule has 0 unspecified atom stereocenters. The lowest BCUT2D eigenvalue weighted by Crippen LogP contribution is -2.44. The minimum absolute atomic E-state index is 0.0764. The summed E-state index contributed by atoms with van der Waals surface area (Å²) in [6.07, 6.45) is 0. The summed E-state index contributed by atoms with van der Waals surface area (Å²) < 4.78 is 5.55. The highest BCUT2D eigenvalue weighted by Gasteiger charge is 2.24. The van der Waals surface area contributed by atoms with Gasteiger partial charge in [-0.15, -0.1) is 0 Å². The number of carbonyl (C=O) groups is 1. The minimum Gasteiger partial charge on any atom is -0.481 e. The number of piperazine rings is 1. The normalized spacial score (nSPS) is 18.6. The van der Waals surface area contributed by atoms with Gasteiger partial charge in [-0.25, -0.2) is 0 Å². The maximum absolute atomic E-state index is 11.5. The molecule has 1 amide bonds. The summed E-state index contributed by atoms with van der Waals surface area (Å²) in [7, 11) is 0. The molecule has 2 heterocycles. The highest BCUT2D eigenvalue weighted by Crippen LogP contribution is 2.40. The lowest BCUT2D eigenvalue weighted by atomic mass is 10.0. The van der Waals surface area contributed by atoms with Crippen molar-refractivity contribution in [2.45, 2.75) is 13.8 Å². The Morgan fingerprint density at radius 1 is 1.26 bits per heavy atom. The molecule has 0 saturated carbocycles. The van der Waals surface area contributed by atoms with Crippen LogP contribution in [0.25, 0.3) is 0 Å². The van der Waals surface area contributed by atoms with E-state index in [-0.39, 0.29) is 12.5 Å². The minimum atomic E-state index is -0.0764. The number of benzene rings is 1. The number of anilines is 2. The zero-order valence-corrected chi connectivity index (χ0v) is 11.4. The third-order valence-electron chi connectivity index (χ3n) is 3.77. The molecule has 0 radical (unpaired) electrons. The molecule has 0 aliphatic carbocycles. The highest BCUT2D eigenvalue weighted by atomic mass is 16.5. The van der Waals surface area contributed by atoms with Crippen LogP contribution in [0, 0.1) is 13.8 Å². The summed E-state index contributed by atoms with van der Waals surface area (Å²) in [6.45, 7) is 8.17. The van der Waals surface area contributed by atoms with E-state index in [0.29, 0.717) is 0 Å². The first-order valence-electron chi connectivity index (χ1n) is 6.69. The highest BCUT2D eigenvalue weighted by molar-refractivity contribution is 5.98. The number of rotatable bonds is 1. The molecule has 2 N–H and O–H groups in total. The zero-order chi connectivity index (χ0) is 13.4. The SMILES string of the molecule is Cc1cc(N2CCNCC2)c(C)c2c1OCC(=O)N2. The number of hydrogen-bond donors (Lipinski definition) is 2. The van der Waals surface area contributed by atoms with Crippen molar-refractivity contribution in [3.05, 3.63) is 17.2 Å². The molecule has 0 atom stereocenters. The molecule has 2 aliphatic heterocycles. The molecule has 5 nitrogen and oxygen atoms in total. The van der Waals surface area contributed by atoms with E-state index in [4.69, 9.17) is 4.74 Å². The van der Waals surface area contributed by atoms with Crippen molar-refractivity contribution in [3.8, 4) is 5.75 Å². The molecule has 0 aromatic heterocycles. The van der Waals surface area contributed by atoms with E-state index in [0.717, 1.165) is 48.7 Å². The predicted octanol–water partition coefficient (Wildman–Crippen LogP) is 1.04. The summed E-state index contributed by atoms with van der Waals surface area (Å²) in [5, 5.41) is 6.29. The molecule has 1 fully saturated rings. The summed E-state index contributed by atoms with van der Waals surface area (Å²) in [4.78, 5) is 13.9. The Morgan fingerprint density at radius 2 is 2.00 bits per heavy atom. The molecule has 0 spiro atoms. The van der Waals surface area contributed by atoms with Gasteiger partial charge < -0.3 is 20.3 Å². The summed E-state index contributed by atoms with van der Waals surface area (Å²) in [5.74, 6) is 0.739. The van der Waals surface area contributed by atoms with Crippen molar-refractivity contribution in [2.24, 2.45) is 0 Å². The van der Waals surface area contributed by atoms with Gasteiger partial charge in [0.1, 0.15) is 5.75 Å². The van der Waals surface area contributed by atoms with Gasteiger partial charge in [0.25, 0.3) is 5.91 Å². The van der Waals surface area contributed by atoms with Crippen LogP contribution in [0.1, 0.15) is 11.1 Å². The van der Waals surface area contributed by atoms with Gasteiger partial charge in [0, 0.05) is 31.9 Å². The second-order valence-electron chi connectivity index (χ2n) is 5.12. The van der Waals surface area contributed by atoms with Gasteiger partial charge in [0.05, 0.1) is 5.69 Å². The molecule has 3 rings (SSSR count). The number of amides is 1. The van der Waals surface area contributed by atoms with Crippen molar-refractivity contribution in [1.29, 1.82) is 0 Å². The van der Waals surface area contributed by atoms with Crippen LogP contribution in [0.15, 0.2) is 6.07 Å². The van der Waals surface area contributed by atoms with Gasteiger partial charge >= 0.3 is 0 Å². The fourth-order valence-electron chi connectivity index (χ4n) is 2.76. The maximum atomic E-state index is 11.5. The van der Waals surface area contributed by atoms with E-state index in [2.05, 4.69) is 21.6 Å². The first-order valence-corrected chi connectivity index (χ1v) is 6.69. The maximum Gasteiger partial charge on any atom is 0.262 e. The van der Waals surface area contributed by atoms with Gasteiger partial charge in [-0.05, 0) is 31.0 Å². The number of carbonyl (C=O) groups excluding carboxylic acids is 1. The summed E-state index contributed by atoms with van der Waals surface area (Å²) in [5.41, 5.74) is 4.21. The van der Waals surface area contributed by atoms with Crippen molar-refractivity contribution in [1.82, 2.24) is 5.32 Å².